The van der Waals surface area contributed by atoms with E-state index in [4.69, 9.17) is 5.73 Å². The van der Waals surface area contributed by atoms with Gasteiger partial charge in [-0.3, -0.25) is 4.90 Å². The van der Waals surface area contributed by atoms with Crippen molar-refractivity contribution in [2.45, 2.75) is 38.8 Å². The van der Waals surface area contributed by atoms with Gasteiger partial charge in [0, 0.05) is 18.6 Å². The molecule has 1 aliphatic heterocycles. The lowest BCUT2D eigenvalue weighted by molar-refractivity contribution is 0.169. The summed E-state index contributed by atoms with van der Waals surface area (Å²) >= 11 is 0. The molecule has 0 aromatic heterocycles. The highest BCUT2D eigenvalue weighted by atomic mass is 35.5. The highest BCUT2D eigenvalue weighted by Crippen LogP contribution is 2.10. The Bertz CT molecular complexity index is 106. The summed E-state index contributed by atoms with van der Waals surface area (Å²) in [6.45, 7) is 6.80. The zero-order valence-electron chi connectivity index (χ0n) is 7.42. The molecule has 0 aromatic rings. The van der Waals surface area contributed by atoms with E-state index in [1.54, 1.807) is 0 Å². The van der Waals surface area contributed by atoms with Crippen molar-refractivity contribution in [2.75, 3.05) is 13.1 Å². The maximum Gasteiger partial charge on any atom is 0.0168 e. The molecule has 0 amide bonds. The Morgan fingerprint density at radius 3 is 2.45 bits per heavy atom. The van der Waals surface area contributed by atoms with Crippen LogP contribution in [0.3, 0.4) is 0 Å². The van der Waals surface area contributed by atoms with Crippen LogP contribution in [0.4, 0.5) is 0 Å². The third-order valence-electron chi connectivity index (χ3n) is 2.22. The van der Waals surface area contributed by atoms with Crippen LogP contribution in [0.1, 0.15) is 26.7 Å². The number of nitrogens with zero attached hydrogens (tertiary/aromatic N) is 1. The summed E-state index contributed by atoms with van der Waals surface area (Å²) in [6.07, 6.45) is 2.49. The minimum Gasteiger partial charge on any atom is -0.327 e. The Kier molecular flexibility index (Phi) is 5.06. The molecule has 2 nitrogen and oxygen atoms in total. The summed E-state index contributed by atoms with van der Waals surface area (Å²) in [5, 5.41) is 0. The Labute approximate surface area is 75.5 Å². The first-order valence-corrected chi connectivity index (χ1v) is 4.20. The van der Waals surface area contributed by atoms with Crippen molar-refractivity contribution in [3.63, 3.8) is 0 Å². The number of rotatable bonds is 1. The molecule has 2 N–H and O–H groups in total. The average Bonchev–Trinajstić information content (AvgIpc) is 1.88. The fourth-order valence-electron chi connectivity index (χ4n) is 1.51. The highest BCUT2D eigenvalue weighted by Gasteiger charge is 2.17. The molecule has 1 unspecified atom stereocenters. The van der Waals surface area contributed by atoms with E-state index < -0.39 is 0 Å². The van der Waals surface area contributed by atoms with Crippen molar-refractivity contribution in [2.24, 2.45) is 5.73 Å². The monoisotopic (exact) mass is 178 g/mol. The van der Waals surface area contributed by atoms with Crippen LogP contribution >= 0.6 is 12.4 Å². The van der Waals surface area contributed by atoms with E-state index in [2.05, 4.69) is 18.7 Å². The molecule has 1 fully saturated rings. The molecule has 0 spiro atoms. The summed E-state index contributed by atoms with van der Waals surface area (Å²) in [7, 11) is 0. The van der Waals surface area contributed by atoms with Gasteiger partial charge in [0.05, 0.1) is 0 Å². The first-order chi connectivity index (χ1) is 4.70. The molecule has 0 aliphatic carbocycles. The van der Waals surface area contributed by atoms with E-state index in [1.165, 1.54) is 19.4 Å². The van der Waals surface area contributed by atoms with Gasteiger partial charge in [0.2, 0.25) is 0 Å². The average molecular weight is 179 g/mol. The van der Waals surface area contributed by atoms with Gasteiger partial charge in [0.15, 0.2) is 0 Å². The molecule has 3 heteroatoms. The molecule has 1 aliphatic rings. The second-order valence-electron chi connectivity index (χ2n) is 3.49. The third-order valence-corrected chi connectivity index (χ3v) is 2.22. The van der Waals surface area contributed by atoms with Gasteiger partial charge in [-0.25, -0.2) is 0 Å². The second-order valence-corrected chi connectivity index (χ2v) is 3.49. The van der Waals surface area contributed by atoms with Crippen LogP contribution in [0, 0.1) is 0 Å². The van der Waals surface area contributed by atoms with Crippen LogP contribution in [0.2, 0.25) is 0 Å². The first kappa shape index (κ1) is 11.2. The normalized spacial score (nSPS) is 26.7. The fourth-order valence-corrected chi connectivity index (χ4v) is 1.51. The number of hydrogen-bond donors (Lipinski definition) is 1. The van der Waals surface area contributed by atoms with E-state index in [-0.39, 0.29) is 12.4 Å². The van der Waals surface area contributed by atoms with Crippen molar-refractivity contribution in [3.8, 4) is 0 Å². The maximum atomic E-state index is 5.82. The number of halogens is 1. The topological polar surface area (TPSA) is 29.3 Å². The van der Waals surface area contributed by atoms with Gasteiger partial charge in [-0.2, -0.15) is 0 Å². The van der Waals surface area contributed by atoms with E-state index >= 15 is 0 Å². The Morgan fingerprint density at radius 2 is 2.09 bits per heavy atom. The Hall–Kier alpha value is 0.210. The summed E-state index contributed by atoms with van der Waals surface area (Å²) in [4.78, 5) is 2.45. The molecular weight excluding hydrogens is 160 g/mol. The van der Waals surface area contributed by atoms with Gasteiger partial charge in [0.1, 0.15) is 0 Å². The summed E-state index contributed by atoms with van der Waals surface area (Å²) < 4.78 is 0. The third kappa shape index (κ3) is 3.41. The van der Waals surface area contributed by atoms with E-state index in [1.807, 2.05) is 0 Å². The predicted octanol–water partition coefficient (Wildman–Crippen LogP) is 1.24. The first-order valence-electron chi connectivity index (χ1n) is 4.20. The highest BCUT2D eigenvalue weighted by molar-refractivity contribution is 5.85. The molecule has 11 heavy (non-hydrogen) atoms. The minimum absolute atomic E-state index is 0. The number of likely N-dealkylation sites (tertiary alicyclic amines) is 1. The van der Waals surface area contributed by atoms with Crippen LogP contribution < -0.4 is 5.73 Å². The lowest BCUT2D eigenvalue weighted by atomic mass is 10.1. The molecule has 0 aromatic carbocycles. The summed E-state index contributed by atoms with van der Waals surface area (Å²) in [5.41, 5.74) is 5.82. The molecule has 0 bridgehead atoms. The van der Waals surface area contributed by atoms with Gasteiger partial charge in [-0.05, 0) is 33.2 Å². The van der Waals surface area contributed by atoms with Crippen molar-refractivity contribution in [1.29, 1.82) is 0 Å². The standard InChI is InChI=1S/C8H18N2.ClH/c1-7(2)10-5-3-4-8(9)6-10;/h7-8H,3-6,9H2,1-2H3;1H. The largest absolute Gasteiger partial charge is 0.327 e. The lowest BCUT2D eigenvalue weighted by Crippen LogP contribution is -2.45. The van der Waals surface area contributed by atoms with Crippen LogP contribution in [0.5, 0.6) is 0 Å². The van der Waals surface area contributed by atoms with Crippen LogP contribution in [0.15, 0.2) is 0 Å². The molecule has 1 rings (SSSR count). The van der Waals surface area contributed by atoms with Gasteiger partial charge in [-0.1, -0.05) is 0 Å². The zero-order valence-corrected chi connectivity index (χ0v) is 8.23. The SMILES string of the molecule is CC(C)N1CCCC(N)C1.Cl. The van der Waals surface area contributed by atoms with Gasteiger partial charge < -0.3 is 5.73 Å². The predicted molar refractivity (Wildman–Crippen MR) is 51.2 cm³/mol. The smallest absolute Gasteiger partial charge is 0.0168 e. The van der Waals surface area contributed by atoms with Crippen LogP contribution in [-0.4, -0.2) is 30.1 Å². The van der Waals surface area contributed by atoms with Crippen molar-refractivity contribution >= 4 is 12.4 Å². The van der Waals surface area contributed by atoms with Crippen molar-refractivity contribution < 1.29 is 0 Å². The van der Waals surface area contributed by atoms with Crippen LogP contribution in [0.25, 0.3) is 0 Å². The number of piperidine rings is 1. The lowest BCUT2D eigenvalue weighted by Gasteiger charge is -2.33. The zero-order chi connectivity index (χ0) is 7.56. The van der Waals surface area contributed by atoms with E-state index in [9.17, 15) is 0 Å². The molecule has 0 radical (unpaired) electrons. The van der Waals surface area contributed by atoms with E-state index in [0.717, 1.165) is 6.54 Å². The Balaban J connectivity index is 0.000001000. The molecule has 1 heterocycles. The van der Waals surface area contributed by atoms with Gasteiger partial charge in [0.25, 0.3) is 0 Å². The fraction of sp³-hybridized carbons (Fsp3) is 1.00. The molecule has 68 valence electrons. The Morgan fingerprint density at radius 1 is 1.45 bits per heavy atom. The molecule has 1 atom stereocenters. The number of hydrogen-bond acceptors (Lipinski definition) is 2. The second kappa shape index (κ2) is 4.96. The molecular formula is C8H19ClN2. The molecule has 1 saturated heterocycles. The van der Waals surface area contributed by atoms with Gasteiger partial charge in [-0.15, -0.1) is 12.4 Å². The maximum absolute atomic E-state index is 5.82. The minimum atomic E-state index is 0. The van der Waals surface area contributed by atoms with Crippen molar-refractivity contribution in [3.05, 3.63) is 0 Å². The molecule has 0 saturated carbocycles. The van der Waals surface area contributed by atoms with Gasteiger partial charge >= 0.3 is 0 Å². The quantitative estimate of drug-likeness (QED) is 0.655. The van der Waals surface area contributed by atoms with Crippen molar-refractivity contribution in [1.82, 2.24) is 4.90 Å². The van der Waals surface area contributed by atoms with Crippen LogP contribution in [-0.2, 0) is 0 Å². The summed E-state index contributed by atoms with van der Waals surface area (Å²) in [6, 6.07) is 1.10. The number of nitrogens with two attached hydrogens (primary N) is 1. The summed E-state index contributed by atoms with van der Waals surface area (Å²) in [5.74, 6) is 0. The van der Waals surface area contributed by atoms with E-state index in [0.29, 0.717) is 12.1 Å².